The van der Waals surface area contributed by atoms with Gasteiger partial charge in [0.1, 0.15) is 0 Å². The minimum Gasteiger partial charge on any atom is -0.369 e. The Morgan fingerprint density at radius 1 is 0.842 bits per heavy atom. The molecule has 1 aromatic carbocycles. The molecular formula is C29H46ClN7O. The fourth-order valence-electron chi connectivity index (χ4n) is 4.46. The van der Waals surface area contributed by atoms with Crippen molar-refractivity contribution in [1.29, 1.82) is 0 Å². The summed E-state index contributed by atoms with van der Waals surface area (Å²) in [6.45, 7) is 6.50. The molecule has 0 saturated heterocycles. The molecule has 0 radical (unpaired) electrons. The smallest absolute Gasteiger partial charge is 0.251 e. The van der Waals surface area contributed by atoms with Crippen molar-refractivity contribution >= 4 is 24.3 Å². The van der Waals surface area contributed by atoms with E-state index in [2.05, 4.69) is 57.4 Å². The van der Waals surface area contributed by atoms with Crippen molar-refractivity contribution in [2.24, 2.45) is 0 Å². The van der Waals surface area contributed by atoms with E-state index in [1.54, 1.807) is 4.68 Å². The highest BCUT2D eigenvalue weighted by molar-refractivity contribution is 5.94. The van der Waals surface area contributed by atoms with Crippen LogP contribution in [0.1, 0.15) is 98.9 Å². The van der Waals surface area contributed by atoms with Gasteiger partial charge in [-0.15, -0.1) is 17.5 Å². The van der Waals surface area contributed by atoms with E-state index in [9.17, 15) is 4.79 Å². The topological polar surface area (TPSA) is 104 Å². The molecule has 0 spiro atoms. The number of halogens is 1. The van der Waals surface area contributed by atoms with E-state index >= 15 is 0 Å². The van der Waals surface area contributed by atoms with E-state index in [1.807, 2.05) is 18.3 Å². The van der Waals surface area contributed by atoms with Crippen LogP contribution in [-0.2, 0) is 32.4 Å². The second kappa shape index (κ2) is 17.6. The molecule has 210 valence electrons. The van der Waals surface area contributed by atoms with E-state index in [4.69, 9.17) is 5.73 Å². The van der Waals surface area contributed by atoms with E-state index in [1.165, 1.54) is 37.7 Å². The van der Waals surface area contributed by atoms with E-state index in [-0.39, 0.29) is 18.3 Å². The number of aromatic nitrogens is 5. The number of hydrogen-bond acceptors (Lipinski definition) is 5. The summed E-state index contributed by atoms with van der Waals surface area (Å²) in [4.78, 5) is 16.9. The number of amides is 1. The minimum atomic E-state index is -0.0482. The summed E-state index contributed by atoms with van der Waals surface area (Å²) in [6.07, 6.45) is 17.5. The largest absolute Gasteiger partial charge is 0.369 e. The number of anilines is 1. The van der Waals surface area contributed by atoms with Gasteiger partial charge in [-0.25, -0.2) is 4.98 Å². The van der Waals surface area contributed by atoms with Gasteiger partial charge in [0.2, 0.25) is 0 Å². The quantitative estimate of drug-likeness (QED) is 0.198. The van der Waals surface area contributed by atoms with Crippen LogP contribution >= 0.6 is 12.4 Å². The average molecular weight is 544 g/mol. The number of carbonyl (C=O) groups is 1. The molecule has 38 heavy (non-hydrogen) atoms. The predicted octanol–water partition coefficient (Wildman–Crippen LogP) is 5.79. The number of aryl methyl sites for hydroxylation is 4. The normalized spacial score (nSPS) is 10.9. The van der Waals surface area contributed by atoms with Crippen LogP contribution in [0.3, 0.4) is 0 Å². The van der Waals surface area contributed by atoms with Crippen LogP contribution in [0, 0.1) is 0 Å². The Balaban J connectivity index is 0.00000507. The minimum absolute atomic E-state index is 0. The van der Waals surface area contributed by atoms with Gasteiger partial charge in [-0.3, -0.25) is 9.48 Å². The second-order valence-electron chi connectivity index (χ2n) is 9.93. The molecule has 0 aliphatic carbocycles. The third-order valence-electron chi connectivity index (χ3n) is 6.72. The van der Waals surface area contributed by atoms with Gasteiger partial charge >= 0.3 is 0 Å². The van der Waals surface area contributed by atoms with Gasteiger partial charge in [0.05, 0.1) is 17.9 Å². The van der Waals surface area contributed by atoms with Crippen LogP contribution in [0.25, 0.3) is 0 Å². The number of imidazole rings is 1. The van der Waals surface area contributed by atoms with Crippen molar-refractivity contribution in [3.63, 3.8) is 0 Å². The number of carbonyl (C=O) groups excluding carboxylic acids is 1. The molecule has 9 heteroatoms. The first-order valence-corrected chi connectivity index (χ1v) is 14.2. The van der Waals surface area contributed by atoms with E-state index < -0.39 is 0 Å². The Morgan fingerprint density at radius 3 is 2.26 bits per heavy atom. The highest BCUT2D eigenvalue weighted by atomic mass is 35.5. The first-order valence-electron chi connectivity index (χ1n) is 14.2. The monoisotopic (exact) mass is 543 g/mol. The van der Waals surface area contributed by atoms with Gasteiger partial charge < -0.3 is 15.6 Å². The van der Waals surface area contributed by atoms with Crippen molar-refractivity contribution in [2.75, 3.05) is 12.3 Å². The zero-order chi connectivity index (χ0) is 26.3. The summed E-state index contributed by atoms with van der Waals surface area (Å²) < 4.78 is 3.89. The third kappa shape index (κ3) is 10.9. The predicted molar refractivity (Wildman–Crippen MR) is 157 cm³/mol. The highest BCUT2D eigenvalue weighted by Crippen LogP contribution is 2.12. The van der Waals surface area contributed by atoms with Gasteiger partial charge in [0.15, 0.2) is 5.95 Å². The molecule has 3 aromatic rings. The fraction of sp³-hybridized carbons (Fsp3) is 0.586. The van der Waals surface area contributed by atoms with Crippen molar-refractivity contribution in [1.82, 2.24) is 29.9 Å². The molecule has 8 nitrogen and oxygen atoms in total. The van der Waals surface area contributed by atoms with Crippen LogP contribution in [-0.4, -0.2) is 37.0 Å². The molecule has 3 rings (SSSR count). The Bertz CT molecular complexity index is 1060. The lowest BCUT2D eigenvalue weighted by Gasteiger charge is -2.06. The molecule has 1 amide bonds. The number of hydrogen-bond donors (Lipinski definition) is 2. The van der Waals surface area contributed by atoms with Gasteiger partial charge in [-0.2, -0.15) is 0 Å². The van der Waals surface area contributed by atoms with Crippen molar-refractivity contribution in [2.45, 2.75) is 104 Å². The Kier molecular flexibility index (Phi) is 14.5. The number of rotatable bonds is 18. The lowest BCUT2D eigenvalue weighted by Crippen LogP contribution is -2.27. The molecule has 0 aliphatic rings. The number of nitrogens with one attached hydrogen (secondary N) is 1. The van der Waals surface area contributed by atoms with Crippen LogP contribution < -0.4 is 11.1 Å². The molecule has 0 bridgehead atoms. The molecular weight excluding hydrogens is 498 g/mol. The average Bonchev–Trinajstić information content (AvgIpc) is 3.50. The van der Waals surface area contributed by atoms with Gasteiger partial charge in [0, 0.05) is 31.0 Å². The number of benzene rings is 1. The maximum absolute atomic E-state index is 12.4. The molecule has 0 aliphatic heterocycles. The highest BCUT2D eigenvalue weighted by Gasteiger charge is 2.07. The molecule has 0 atom stereocenters. The number of nitrogens with zero attached hydrogens (tertiary/aromatic N) is 5. The second-order valence-corrected chi connectivity index (χ2v) is 9.93. The molecule has 0 fully saturated rings. The summed E-state index contributed by atoms with van der Waals surface area (Å²) in [7, 11) is 0. The van der Waals surface area contributed by atoms with Crippen LogP contribution in [0.15, 0.2) is 36.7 Å². The molecule has 3 N–H and O–H groups in total. The van der Waals surface area contributed by atoms with Crippen molar-refractivity contribution < 1.29 is 4.79 Å². The Morgan fingerprint density at radius 2 is 1.53 bits per heavy atom. The molecule has 0 saturated carbocycles. The maximum atomic E-state index is 12.4. The van der Waals surface area contributed by atoms with Crippen LogP contribution in [0.4, 0.5) is 5.95 Å². The lowest BCUT2D eigenvalue weighted by atomic mass is 10.1. The van der Waals surface area contributed by atoms with Crippen LogP contribution in [0.5, 0.6) is 0 Å². The van der Waals surface area contributed by atoms with Crippen LogP contribution in [0.2, 0.25) is 0 Å². The van der Waals surface area contributed by atoms with Crippen molar-refractivity contribution in [3.05, 3.63) is 59.2 Å². The van der Waals surface area contributed by atoms with Gasteiger partial charge in [-0.05, 0) is 62.6 Å². The Labute approximate surface area is 234 Å². The number of unbranched alkanes of at least 4 members (excludes halogenated alkanes) is 6. The third-order valence-corrected chi connectivity index (χ3v) is 6.72. The zero-order valence-electron chi connectivity index (χ0n) is 23.2. The maximum Gasteiger partial charge on any atom is 0.251 e. The summed E-state index contributed by atoms with van der Waals surface area (Å²) in [5.41, 5.74) is 10.1. The van der Waals surface area contributed by atoms with E-state index in [0.29, 0.717) is 24.6 Å². The SMILES string of the molecule is CCCCCc1ccc(C(=O)NCCn2cc(CCCCCc3cn(CCCCC)c(N)n3)nn2)cc1.Cl. The zero-order valence-corrected chi connectivity index (χ0v) is 24.0. The standard InChI is InChI=1S/C29H45N7O.ClH/c1-3-5-8-12-24-15-17-25(18-16-24)28(37)31-19-21-36-23-27(33-34-36)14-10-7-9-13-26-22-35(29(30)32-26)20-11-6-4-2;/h15-18,22-23H,3-14,19-21H2,1-2H3,(H2,30,32)(H,31,37);1H. The van der Waals surface area contributed by atoms with Gasteiger partial charge in [0.25, 0.3) is 5.91 Å². The molecule has 0 unspecified atom stereocenters. The fourth-order valence-corrected chi connectivity index (χ4v) is 4.46. The molecule has 2 aromatic heterocycles. The number of nitrogen functional groups attached to an aromatic ring is 1. The number of nitrogens with two attached hydrogens (primary N) is 1. The summed E-state index contributed by atoms with van der Waals surface area (Å²) in [6, 6.07) is 7.95. The molecule has 2 heterocycles. The van der Waals surface area contributed by atoms with Crippen molar-refractivity contribution in [3.8, 4) is 0 Å². The lowest BCUT2D eigenvalue weighted by molar-refractivity contribution is 0.0952. The first-order chi connectivity index (χ1) is 18.1. The summed E-state index contributed by atoms with van der Waals surface area (Å²) in [5, 5.41) is 11.5. The first kappa shape index (κ1) is 31.3. The van der Waals surface area contributed by atoms with E-state index in [0.717, 1.165) is 62.9 Å². The summed E-state index contributed by atoms with van der Waals surface area (Å²) in [5.74, 6) is 0.586. The summed E-state index contributed by atoms with van der Waals surface area (Å²) >= 11 is 0. The Hall–Kier alpha value is -2.87. The van der Waals surface area contributed by atoms with Gasteiger partial charge in [-0.1, -0.05) is 63.3 Å².